The van der Waals surface area contributed by atoms with E-state index < -0.39 is 0 Å². The van der Waals surface area contributed by atoms with Crippen molar-refractivity contribution in [2.75, 3.05) is 13.1 Å². The number of hydrogen-bond donors (Lipinski definition) is 0. The number of piperidine rings is 1. The highest BCUT2D eigenvalue weighted by Gasteiger charge is 2.20. The molecule has 0 unspecified atom stereocenters. The molecule has 0 aromatic heterocycles. The molecule has 1 fully saturated rings. The number of halogens is 2. The number of rotatable bonds is 4. The molecule has 0 N–H and O–H groups in total. The van der Waals surface area contributed by atoms with Gasteiger partial charge in [-0.1, -0.05) is 48.0 Å². The molecule has 3 rings (SSSR count). The fraction of sp³-hybridized carbons (Fsp3) is 0.350. The first-order chi connectivity index (χ1) is 11.2. The maximum atomic E-state index is 8.91. The average molecular weight is 361 g/mol. The normalized spacial score (nSPS) is 15.5. The molecular weight excluding hydrogens is 339 g/mol. The highest BCUT2D eigenvalue weighted by Crippen LogP contribution is 2.25. The monoisotopic (exact) mass is 360 g/mol. The quantitative estimate of drug-likeness (QED) is 0.759. The van der Waals surface area contributed by atoms with Gasteiger partial charge in [0.15, 0.2) is 0 Å². The lowest BCUT2D eigenvalue weighted by Crippen LogP contribution is -2.33. The van der Waals surface area contributed by atoms with E-state index in [-0.39, 0.29) is 12.4 Å². The molecule has 0 bridgehead atoms. The van der Waals surface area contributed by atoms with Crippen LogP contribution in [0.3, 0.4) is 0 Å². The van der Waals surface area contributed by atoms with Crippen molar-refractivity contribution in [2.24, 2.45) is 5.92 Å². The topological polar surface area (TPSA) is 27.0 Å². The summed E-state index contributed by atoms with van der Waals surface area (Å²) in [5.74, 6) is 0.782. The predicted octanol–water partition coefficient (Wildman–Crippen LogP) is 5.09. The molecule has 0 spiro atoms. The second kappa shape index (κ2) is 9.08. The Kier molecular flexibility index (Phi) is 7.12. The zero-order valence-corrected chi connectivity index (χ0v) is 15.2. The summed E-state index contributed by atoms with van der Waals surface area (Å²) in [5.41, 5.74) is 3.19. The minimum absolute atomic E-state index is 0. The van der Waals surface area contributed by atoms with Gasteiger partial charge in [0.2, 0.25) is 0 Å². The van der Waals surface area contributed by atoms with Crippen LogP contribution in [0.4, 0.5) is 0 Å². The summed E-state index contributed by atoms with van der Waals surface area (Å²) < 4.78 is 0. The second-order valence-corrected chi connectivity index (χ2v) is 6.73. The molecule has 24 heavy (non-hydrogen) atoms. The molecule has 1 heterocycles. The summed E-state index contributed by atoms with van der Waals surface area (Å²) in [7, 11) is 0. The number of nitrogens with zero attached hydrogens (tertiary/aromatic N) is 2. The van der Waals surface area contributed by atoms with E-state index in [9.17, 15) is 0 Å². The van der Waals surface area contributed by atoms with Gasteiger partial charge in [0, 0.05) is 11.6 Å². The van der Waals surface area contributed by atoms with E-state index in [1.165, 1.54) is 24.8 Å². The van der Waals surface area contributed by atoms with Crippen molar-refractivity contribution in [2.45, 2.75) is 25.8 Å². The van der Waals surface area contributed by atoms with E-state index in [4.69, 9.17) is 16.9 Å². The smallest absolute Gasteiger partial charge is 0.0992 e. The summed E-state index contributed by atoms with van der Waals surface area (Å²) >= 11 is 6.29. The van der Waals surface area contributed by atoms with Crippen LogP contribution in [0.2, 0.25) is 5.02 Å². The van der Waals surface area contributed by atoms with Crippen LogP contribution in [-0.2, 0) is 13.0 Å². The number of benzene rings is 2. The molecule has 1 aliphatic heterocycles. The fourth-order valence-corrected chi connectivity index (χ4v) is 3.52. The minimum atomic E-state index is 0. The van der Waals surface area contributed by atoms with Gasteiger partial charge in [-0.3, -0.25) is 4.90 Å². The molecular formula is C20H22Cl2N2. The van der Waals surface area contributed by atoms with E-state index in [1.807, 2.05) is 12.1 Å². The minimum Gasteiger partial charge on any atom is -0.299 e. The fourth-order valence-electron chi connectivity index (χ4n) is 3.28. The van der Waals surface area contributed by atoms with Gasteiger partial charge >= 0.3 is 0 Å². The molecule has 0 amide bonds. The molecule has 4 heteroatoms. The average Bonchev–Trinajstić information content (AvgIpc) is 2.59. The molecule has 2 aromatic rings. The van der Waals surface area contributed by atoms with Crippen molar-refractivity contribution in [3.63, 3.8) is 0 Å². The summed E-state index contributed by atoms with van der Waals surface area (Å²) in [5, 5.41) is 9.61. The molecule has 0 radical (unpaired) electrons. The van der Waals surface area contributed by atoms with Crippen molar-refractivity contribution in [3.05, 3.63) is 70.2 Å². The molecule has 0 atom stereocenters. The molecule has 126 valence electrons. The lowest BCUT2D eigenvalue weighted by Gasteiger charge is -2.32. The summed E-state index contributed by atoms with van der Waals surface area (Å²) in [6.45, 7) is 3.12. The number of hydrogen-bond acceptors (Lipinski definition) is 2. The first-order valence-corrected chi connectivity index (χ1v) is 8.57. The van der Waals surface area contributed by atoms with Gasteiger partial charge in [0.1, 0.15) is 0 Å². The van der Waals surface area contributed by atoms with Gasteiger partial charge in [-0.15, -0.1) is 12.4 Å². The van der Waals surface area contributed by atoms with Crippen molar-refractivity contribution in [3.8, 4) is 6.07 Å². The zero-order valence-electron chi connectivity index (χ0n) is 13.6. The largest absolute Gasteiger partial charge is 0.299 e. The van der Waals surface area contributed by atoms with Crippen LogP contribution in [0.5, 0.6) is 0 Å². The molecule has 0 aliphatic carbocycles. The van der Waals surface area contributed by atoms with E-state index >= 15 is 0 Å². The van der Waals surface area contributed by atoms with Crippen LogP contribution < -0.4 is 0 Å². The van der Waals surface area contributed by atoms with Gasteiger partial charge in [-0.2, -0.15) is 5.26 Å². The Morgan fingerprint density at radius 1 is 1.08 bits per heavy atom. The zero-order chi connectivity index (χ0) is 16.1. The summed E-state index contributed by atoms with van der Waals surface area (Å²) in [6.07, 6.45) is 3.66. The third-order valence-corrected chi connectivity index (χ3v) is 5.00. The van der Waals surface area contributed by atoms with Gasteiger partial charge in [-0.05, 0) is 61.5 Å². The Balaban J connectivity index is 0.00000208. The van der Waals surface area contributed by atoms with Crippen molar-refractivity contribution in [1.82, 2.24) is 4.90 Å². The number of likely N-dealkylation sites (tertiary alicyclic amines) is 1. The van der Waals surface area contributed by atoms with Gasteiger partial charge in [0.05, 0.1) is 11.6 Å². The van der Waals surface area contributed by atoms with Crippen LogP contribution in [0, 0.1) is 17.2 Å². The Morgan fingerprint density at radius 3 is 2.42 bits per heavy atom. The predicted molar refractivity (Wildman–Crippen MR) is 102 cm³/mol. The Morgan fingerprint density at radius 2 is 1.79 bits per heavy atom. The maximum Gasteiger partial charge on any atom is 0.0992 e. The van der Waals surface area contributed by atoms with Crippen LogP contribution in [0.25, 0.3) is 0 Å². The van der Waals surface area contributed by atoms with Gasteiger partial charge in [0.25, 0.3) is 0 Å². The van der Waals surface area contributed by atoms with E-state index in [0.717, 1.165) is 31.1 Å². The van der Waals surface area contributed by atoms with E-state index in [2.05, 4.69) is 41.3 Å². The lowest BCUT2D eigenvalue weighted by atomic mass is 9.90. The first kappa shape index (κ1) is 18.8. The van der Waals surface area contributed by atoms with Crippen LogP contribution >= 0.6 is 24.0 Å². The van der Waals surface area contributed by atoms with Crippen LogP contribution in [0.1, 0.15) is 29.5 Å². The summed E-state index contributed by atoms with van der Waals surface area (Å²) in [6, 6.07) is 18.5. The van der Waals surface area contributed by atoms with Crippen molar-refractivity contribution < 1.29 is 0 Å². The number of nitriles is 1. The first-order valence-electron chi connectivity index (χ1n) is 8.19. The molecule has 1 aliphatic rings. The highest BCUT2D eigenvalue weighted by molar-refractivity contribution is 6.31. The van der Waals surface area contributed by atoms with Gasteiger partial charge in [-0.25, -0.2) is 0 Å². The lowest BCUT2D eigenvalue weighted by molar-refractivity contribution is 0.177. The van der Waals surface area contributed by atoms with Gasteiger partial charge < -0.3 is 0 Å². The second-order valence-electron chi connectivity index (χ2n) is 6.33. The highest BCUT2D eigenvalue weighted by atomic mass is 35.5. The summed E-state index contributed by atoms with van der Waals surface area (Å²) in [4.78, 5) is 2.47. The Bertz CT molecular complexity index is 687. The standard InChI is InChI=1S/C20H21ClN2.ClH/c21-20-13-18(14-22)6-7-19(20)15-23-10-8-17(9-11-23)12-16-4-2-1-3-5-16;/h1-7,13,17H,8-12,15H2;1H. The molecule has 2 nitrogen and oxygen atoms in total. The molecule has 0 saturated carbocycles. The Hall–Kier alpha value is -1.53. The third kappa shape index (κ3) is 4.98. The molecule has 1 saturated heterocycles. The third-order valence-electron chi connectivity index (χ3n) is 4.65. The van der Waals surface area contributed by atoms with E-state index in [1.54, 1.807) is 6.07 Å². The SMILES string of the molecule is Cl.N#Cc1ccc(CN2CCC(Cc3ccccc3)CC2)c(Cl)c1. The Labute approximate surface area is 155 Å². The van der Waals surface area contributed by atoms with Crippen molar-refractivity contribution >= 4 is 24.0 Å². The molecule has 2 aromatic carbocycles. The maximum absolute atomic E-state index is 8.91. The van der Waals surface area contributed by atoms with Crippen LogP contribution in [-0.4, -0.2) is 18.0 Å². The van der Waals surface area contributed by atoms with E-state index in [0.29, 0.717) is 10.6 Å². The van der Waals surface area contributed by atoms with Crippen molar-refractivity contribution in [1.29, 1.82) is 5.26 Å². The van der Waals surface area contributed by atoms with Crippen LogP contribution in [0.15, 0.2) is 48.5 Å².